The van der Waals surface area contributed by atoms with Gasteiger partial charge in [0.2, 0.25) is 0 Å². The van der Waals surface area contributed by atoms with E-state index >= 15 is 0 Å². The van der Waals surface area contributed by atoms with E-state index in [2.05, 4.69) is 0 Å². The maximum atomic E-state index is 12.8. The highest BCUT2D eigenvalue weighted by Crippen LogP contribution is 2.35. The summed E-state index contributed by atoms with van der Waals surface area (Å²) in [7, 11) is 1.39. The Morgan fingerprint density at radius 1 is 1.13 bits per heavy atom. The van der Waals surface area contributed by atoms with E-state index < -0.39 is 17.7 Å². The van der Waals surface area contributed by atoms with Crippen molar-refractivity contribution in [1.29, 1.82) is 0 Å². The smallest absolute Gasteiger partial charge is 0.416 e. The average Bonchev–Trinajstić information content (AvgIpc) is 2.53. The number of ether oxygens (including phenoxy) is 2. The largest absolute Gasteiger partial charge is 0.496 e. The molecule has 0 heterocycles. The molecule has 6 heteroatoms. The van der Waals surface area contributed by atoms with E-state index in [4.69, 9.17) is 9.47 Å². The minimum absolute atomic E-state index is 0.233. The maximum Gasteiger partial charge on any atom is 0.416 e. The zero-order chi connectivity index (χ0) is 17.0. The summed E-state index contributed by atoms with van der Waals surface area (Å²) in [5.41, 5.74) is 0.352. The van der Waals surface area contributed by atoms with Crippen LogP contribution in [0.15, 0.2) is 42.5 Å². The Bertz CT molecular complexity index is 708. The molecule has 0 saturated carbocycles. The van der Waals surface area contributed by atoms with Gasteiger partial charge in [0, 0.05) is 5.56 Å². The molecule has 0 radical (unpaired) electrons. The van der Waals surface area contributed by atoms with Crippen molar-refractivity contribution in [2.75, 3.05) is 13.7 Å². The third-order valence-electron chi connectivity index (χ3n) is 3.21. The fraction of sp³-hybridized carbons (Fsp3) is 0.235. The van der Waals surface area contributed by atoms with Crippen LogP contribution in [0.3, 0.4) is 0 Å². The van der Waals surface area contributed by atoms with Crippen molar-refractivity contribution in [2.24, 2.45) is 0 Å². The fourth-order valence-corrected chi connectivity index (χ4v) is 2.13. The minimum Gasteiger partial charge on any atom is -0.496 e. The molecule has 0 atom stereocenters. The predicted molar refractivity (Wildman–Crippen MR) is 79.4 cm³/mol. The summed E-state index contributed by atoms with van der Waals surface area (Å²) in [5.74, 6) is -0.212. The lowest BCUT2D eigenvalue weighted by Gasteiger charge is -2.13. The average molecular weight is 324 g/mol. The van der Waals surface area contributed by atoms with Crippen LogP contribution in [0.5, 0.6) is 5.75 Å². The molecule has 122 valence electrons. The number of carbonyl (C=O) groups is 1. The zero-order valence-corrected chi connectivity index (χ0v) is 12.6. The molecule has 0 bridgehead atoms. The number of carbonyl (C=O) groups excluding carboxylic acids is 1. The molecule has 3 nitrogen and oxygen atoms in total. The molecule has 0 amide bonds. The van der Waals surface area contributed by atoms with Crippen LogP contribution in [0.4, 0.5) is 13.2 Å². The standard InChI is InChI=1S/C17H15F3O3/c1-3-23-16(21)12-7-8-14(15(10-12)22-2)11-5-4-6-13(9-11)17(18,19)20/h4-10H,3H2,1-2H3. The van der Waals surface area contributed by atoms with Crippen molar-refractivity contribution < 1.29 is 27.4 Å². The van der Waals surface area contributed by atoms with Gasteiger partial charge in [-0.3, -0.25) is 0 Å². The SMILES string of the molecule is CCOC(=O)c1ccc(-c2cccc(C(F)(F)F)c2)c(OC)c1. The molecule has 0 N–H and O–H groups in total. The third kappa shape index (κ3) is 3.83. The van der Waals surface area contributed by atoms with E-state index in [1.165, 1.54) is 25.3 Å². The predicted octanol–water partition coefficient (Wildman–Crippen LogP) is 4.56. The van der Waals surface area contributed by atoms with Gasteiger partial charge in [-0.1, -0.05) is 12.1 Å². The van der Waals surface area contributed by atoms with Crippen molar-refractivity contribution in [2.45, 2.75) is 13.1 Å². The summed E-state index contributed by atoms with van der Waals surface area (Å²) < 4.78 is 48.6. The van der Waals surface area contributed by atoms with Crippen LogP contribution in [0.25, 0.3) is 11.1 Å². The Balaban J connectivity index is 2.46. The topological polar surface area (TPSA) is 35.5 Å². The lowest BCUT2D eigenvalue weighted by molar-refractivity contribution is -0.137. The highest BCUT2D eigenvalue weighted by molar-refractivity contribution is 5.91. The molecule has 2 aromatic rings. The number of benzene rings is 2. The van der Waals surface area contributed by atoms with Crippen LogP contribution in [0.1, 0.15) is 22.8 Å². The molecule has 0 aliphatic rings. The molecule has 2 rings (SSSR count). The first-order chi connectivity index (χ1) is 10.9. The van der Waals surface area contributed by atoms with E-state index in [1.54, 1.807) is 19.1 Å². The second-order valence-corrected chi connectivity index (χ2v) is 4.71. The summed E-state index contributed by atoms with van der Waals surface area (Å²) in [6.07, 6.45) is -4.42. The second kappa shape index (κ2) is 6.73. The van der Waals surface area contributed by atoms with Crippen molar-refractivity contribution in [3.8, 4) is 16.9 Å². The molecule has 0 aliphatic carbocycles. The summed E-state index contributed by atoms with van der Waals surface area (Å²) in [5, 5.41) is 0. The van der Waals surface area contributed by atoms with Crippen molar-refractivity contribution in [1.82, 2.24) is 0 Å². The number of esters is 1. The number of hydrogen-bond donors (Lipinski definition) is 0. The van der Waals surface area contributed by atoms with Gasteiger partial charge in [-0.05, 0) is 42.8 Å². The summed E-state index contributed by atoms with van der Waals surface area (Å²) in [6.45, 7) is 1.92. The van der Waals surface area contributed by atoms with Crippen molar-refractivity contribution >= 4 is 5.97 Å². The van der Waals surface area contributed by atoms with Crippen LogP contribution >= 0.6 is 0 Å². The number of hydrogen-bond acceptors (Lipinski definition) is 3. The van der Waals surface area contributed by atoms with Gasteiger partial charge in [0.25, 0.3) is 0 Å². The molecule has 0 saturated heterocycles. The number of halogens is 3. The van der Waals surface area contributed by atoms with Crippen molar-refractivity contribution in [3.63, 3.8) is 0 Å². The van der Waals surface area contributed by atoms with Crippen LogP contribution in [-0.2, 0) is 10.9 Å². The third-order valence-corrected chi connectivity index (χ3v) is 3.21. The van der Waals surface area contributed by atoms with E-state index in [0.717, 1.165) is 12.1 Å². The van der Waals surface area contributed by atoms with E-state index in [0.29, 0.717) is 16.9 Å². The highest BCUT2D eigenvalue weighted by Gasteiger charge is 2.30. The molecule has 0 unspecified atom stereocenters. The van der Waals surface area contributed by atoms with Gasteiger partial charge in [0.1, 0.15) is 5.75 Å². The molecule has 0 fully saturated rings. The molecule has 2 aromatic carbocycles. The first-order valence-electron chi connectivity index (χ1n) is 6.89. The van der Waals surface area contributed by atoms with Gasteiger partial charge >= 0.3 is 12.1 Å². The van der Waals surface area contributed by atoms with Crippen LogP contribution in [0, 0.1) is 0 Å². The van der Waals surface area contributed by atoms with Crippen LogP contribution in [0.2, 0.25) is 0 Å². The quantitative estimate of drug-likeness (QED) is 0.774. The monoisotopic (exact) mass is 324 g/mol. The molecule has 23 heavy (non-hydrogen) atoms. The minimum atomic E-state index is -4.42. The molecule has 0 spiro atoms. The van der Waals surface area contributed by atoms with Gasteiger partial charge in [-0.2, -0.15) is 13.2 Å². The van der Waals surface area contributed by atoms with Crippen LogP contribution < -0.4 is 4.74 Å². The molecule has 0 aromatic heterocycles. The van der Waals surface area contributed by atoms with E-state index in [1.807, 2.05) is 0 Å². The normalized spacial score (nSPS) is 11.2. The van der Waals surface area contributed by atoms with E-state index in [-0.39, 0.29) is 12.2 Å². The molecule has 0 aliphatic heterocycles. The van der Waals surface area contributed by atoms with Gasteiger partial charge in [-0.15, -0.1) is 0 Å². The zero-order valence-electron chi connectivity index (χ0n) is 12.6. The Hall–Kier alpha value is -2.50. The maximum absolute atomic E-state index is 12.8. The Morgan fingerprint density at radius 3 is 2.48 bits per heavy atom. The Kier molecular flexibility index (Phi) is 4.93. The van der Waals surface area contributed by atoms with Gasteiger partial charge in [0.15, 0.2) is 0 Å². The van der Waals surface area contributed by atoms with Gasteiger partial charge in [-0.25, -0.2) is 4.79 Å². The first kappa shape index (κ1) is 16.9. The first-order valence-corrected chi connectivity index (χ1v) is 6.89. The van der Waals surface area contributed by atoms with E-state index in [9.17, 15) is 18.0 Å². The Labute approximate surface area is 131 Å². The second-order valence-electron chi connectivity index (χ2n) is 4.71. The summed E-state index contributed by atoms with van der Waals surface area (Å²) in [4.78, 5) is 11.7. The van der Waals surface area contributed by atoms with Gasteiger partial charge < -0.3 is 9.47 Å². The fourth-order valence-electron chi connectivity index (χ4n) is 2.13. The Morgan fingerprint density at radius 2 is 1.87 bits per heavy atom. The van der Waals surface area contributed by atoms with Crippen LogP contribution in [-0.4, -0.2) is 19.7 Å². The van der Waals surface area contributed by atoms with Gasteiger partial charge in [0.05, 0.1) is 24.8 Å². The lowest BCUT2D eigenvalue weighted by Crippen LogP contribution is -2.06. The number of alkyl halides is 3. The number of methoxy groups -OCH3 is 1. The molecular weight excluding hydrogens is 309 g/mol. The summed E-state index contributed by atoms with van der Waals surface area (Å²) >= 11 is 0. The lowest BCUT2D eigenvalue weighted by atomic mass is 10.0. The number of rotatable bonds is 4. The van der Waals surface area contributed by atoms with Crippen molar-refractivity contribution in [3.05, 3.63) is 53.6 Å². The molecular formula is C17H15F3O3. The summed E-state index contributed by atoms with van der Waals surface area (Å²) in [6, 6.07) is 9.42. The highest BCUT2D eigenvalue weighted by atomic mass is 19.4.